The van der Waals surface area contributed by atoms with E-state index in [-0.39, 0.29) is 11.9 Å². The second kappa shape index (κ2) is 10.8. The van der Waals surface area contributed by atoms with Gasteiger partial charge in [0.05, 0.1) is 7.11 Å². The molecule has 0 saturated carbocycles. The molecular formula is C27H36N2O2S. The van der Waals surface area contributed by atoms with E-state index in [2.05, 4.69) is 66.1 Å². The Labute approximate surface area is 197 Å². The summed E-state index contributed by atoms with van der Waals surface area (Å²) >= 11 is 1.87. The summed E-state index contributed by atoms with van der Waals surface area (Å²) in [4.78, 5) is 19.1. The molecule has 2 heterocycles. The van der Waals surface area contributed by atoms with Gasteiger partial charge in [-0.1, -0.05) is 37.3 Å². The molecule has 0 aliphatic carbocycles. The van der Waals surface area contributed by atoms with Crippen molar-refractivity contribution < 1.29 is 9.53 Å². The third-order valence-electron chi connectivity index (χ3n) is 7.13. The number of likely N-dealkylation sites (tertiary alicyclic amines) is 1. The van der Waals surface area contributed by atoms with Crippen molar-refractivity contribution in [2.24, 2.45) is 5.92 Å². The average Bonchev–Trinajstić information content (AvgIpc) is 2.94. The van der Waals surface area contributed by atoms with E-state index < -0.39 is 0 Å². The van der Waals surface area contributed by atoms with E-state index in [0.717, 1.165) is 31.3 Å². The number of hydrogen-bond acceptors (Lipinski definition) is 4. The van der Waals surface area contributed by atoms with Crippen LogP contribution in [0.4, 0.5) is 0 Å². The Morgan fingerprint density at radius 3 is 2.56 bits per heavy atom. The quantitative estimate of drug-likeness (QED) is 0.599. The molecule has 1 fully saturated rings. The first-order valence-electron chi connectivity index (χ1n) is 11.9. The molecule has 2 unspecified atom stereocenters. The summed E-state index contributed by atoms with van der Waals surface area (Å²) in [5.74, 6) is 1.89. The zero-order valence-electron chi connectivity index (χ0n) is 19.6. The molecule has 2 aromatic rings. The van der Waals surface area contributed by atoms with Crippen molar-refractivity contribution in [1.82, 2.24) is 9.80 Å². The van der Waals surface area contributed by atoms with Gasteiger partial charge in [0, 0.05) is 35.7 Å². The third kappa shape index (κ3) is 5.68. The van der Waals surface area contributed by atoms with Crippen molar-refractivity contribution in [3.05, 3.63) is 59.7 Å². The van der Waals surface area contributed by atoms with Crippen LogP contribution in [0, 0.1) is 5.92 Å². The van der Waals surface area contributed by atoms with Gasteiger partial charge in [0.1, 0.15) is 5.75 Å². The molecule has 0 aromatic heterocycles. The molecule has 32 heavy (non-hydrogen) atoms. The van der Waals surface area contributed by atoms with E-state index in [0.29, 0.717) is 18.2 Å². The maximum Gasteiger partial charge on any atom is 0.224 e. The summed E-state index contributed by atoms with van der Waals surface area (Å²) in [6, 6.07) is 17.3. The molecule has 172 valence electrons. The van der Waals surface area contributed by atoms with Gasteiger partial charge in [-0.05, 0) is 74.5 Å². The van der Waals surface area contributed by atoms with E-state index in [9.17, 15) is 4.79 Å². The number of thioether (sulfide) groups is 1. The van der Waals surface area contributed by atoms with Crippen molar-refractivity contribution >= 4 is 17.7 Å². The van der Waals surface area contributed by atoms with Crippen LogP contribution in [0.1, 0.15) is 44.2 Å². The van der Waals surface area contributed by atoms with Gasteiger partial charge in [-0.25, -0.2) is 0 Å². The Morgan fingerprint density at radius 2 is 1.84 bits per heavy atom. The SMILES string of the molecule is COc1ccc2c(c1)CN(C(=O)CCN1CCC(Cc3ccccc3)CC1)C(C)C(C)S2. The molecule has 0 radical (unpaired) electrons. The summed E-state index contributed by atoms with van der Waals surface area (Å²) in [5.41, 5.74) is 2.64. The first-order valence-corrected chi connectivity index (χ1v) is 12.8. The highest BCUT2D eigenvalue weighted by Gasteiger charge is 2.30. The van der Waals surface area contributed by atoms with E-state index in [4.69, 9.17) is 4.74 Å². The van der Waals surface area contributed by atoms with Gasteiger partial charge < -0.3 is 14.5 Å². The zero-order valence-corrected chi connectivity index (χ0v) is 20.4. The number of nitrogens with zero attached hydrogens (tertiary/aromatic N) is 2. The summed E-state index contributed by atoms with van der Waals surface area (Å²) in [6.45, 7) is 8.16. The molecule has 0 bridgehead atoms. The Hall–Kier alpha value is -1.98. The first kappa shape index (κ1) is 23.2. The molecule has 4 nitrogen and oxygen atoms in total. The maximum atomic E-state index is 13.3. The molecule has 2 aromatic carbocycles. The molecule has 0 spiro atoms. The number of methoxy groups -OCH3 is 1. The predicted octanol–water partition coefficient (Wildman–Crippen LogP) is 5.25. The second-order valence-electron chi connectivity index (χ2n) is 9.28. The van der Waals surface area contributed by atoms with Gasteiger partial charge in [0.25, 0.3) is 0 Å². The number of carbonyl (C=O) groups excluding carboxylic acids is 1. The van der Waals surface area contributed by atoms with Crippen LogP contribution in [-0.2, 0) is 17.8 Å². The standard InChI is InChI=1S/C27H36N2O2S/c1-20-21(2)32-26-10-9-25(31-3)18-24(26)19-29(20)27(30)13-16-28-14-11-23(12-15-28)17-22-7-5-4-6-8-22/h4-10,18,20-21,23H,11-17,19H2,1-3H3. The largest absolute Gasteiger partial charge is 0.497 e. The van der Waals surface area contributed by atoms with Crippen molar-refractivity contribution in [3.63, 3.8) is 0 Å². The Bertz CT molecular complexity index is 896. The van der Waals surface area contributed by atoms with Gasteiger partial charge in [0.2, 0.25) is 5.91 Å². The fourth-order valence-corrected chi connectivity index (χ4v) is 6.04. The summed E-state index contributed by atoms with van der Waals surface area (Å²) in [5, 5.41) is 0.363. The molecule has 2 atom stereocenters. The summed E-state index contributed by atoms with van der Waals surface area (Å²) < 4.78 is 5.42. The lowest BCUT2D eigenvalue weighted by Gasteiger charge is -2.34. The lowest BCUT2D eigenvalue weighted by atomic mass is 9.90. The number of fused-ring (bicyclic) bond motifs is 1. The van der Waals surface area contributed by atoms with Crippen molar-refractivity contribution in [3.8, 4) is 5.75 Å². The van der Waals surface area contributed by atoms with E-state index in [1.165, 1.54) is 35.3 Å². The molecular weight excluding hydrogens is 416 g/mol. The van der Waals surface area contributed by atoms with E-state index in [1.54, 1.807) is 7.11 Å². The highest BCUT2D eigenvalue weighted by molar-refractivity contribution is 8.00. The van der Waals surface area contributed by atoms with Gasteiger partial charge >= 0.3 is 0 Å². The van der Waals surface area contributed by atoms with Gasteiger partial charge in [-0.15, -0.1) is 11.8 Å². The smallest absolute Gasteiger partial charge is 0.224 e. The normalized spacial score (nSPS) is 22.3. The number of hydrogen-bond donors (Lipinski definition) is 0. The van der Waals surface area contributed by atoms with Crippen LogP contribution in [0.3, 0.4) is 0 Å². The minimum atomic E-state index is 0.211. The fraction of sp³-hybridized carbons (Fsp3) is 0.519. The number of benzene rings is 2. The Balaban J connectivity index is 1.30. The number of piperidine rings is 1. The van der Waals surface area contributed by atoms with Crippen LogP contribution in [0.2, 0.25) is 0 Å². The zero-order chi connectivity index (χ0) is 22.5. The molecule has 5 heteroatoms. The molecule has 2 aliphatic heterocycles. The molecule has 1 amide bonds. The highest BCUT2D eigenvalue weighted by Crippen LogP contribution is 2.37. The average molecular weight is 453 g/mol. The van der Waals surface area contributed by atoms with Gasteiger partial charge in [-0.2, -0.15) is 0 Å². The van der Waals surface area contributed by atoms with E-state index in [1.807, 2.05) is 17.8 Å². The molecule has 1 saturated heterocycles. The van der Waals surface area contributed by atoms with Crippen LogP contribution in [0.25, 0.3) is 0 Å². The number of ether oxygens (including phenoxy) is 1. The predicted molar refractivity (Wildman–Crippen MR) is 132 cm³/mol. The van der Waals surface area contributed by atoms with Crippen LogP contribution < -0.4 is 4.74 Å². The lowest BCUT2D eigenvalue weighted by molar-refractivity contribution is -0.134. The summed E-state index contributed by atoms with van der Waals surface area (Å²) in [6.07, 6.45) is 4.23. The van der Waals surface area contributed by atoms with Crippen molar-refractivity contribution in [2.75, 3.05) is 26.7 Å². The minimum absolute atomic E-state index is 0.211. The Kier molecular flexibility index (Phi) is 7.80. The fourth-order valence-electron chi connectivity index (χ4n) is 4.88. The molecule has 4 rings (SSSR count). The van der Waals surface area contributed by atoms with Gasteiger partial charge in [0.15, 0.2) is 0 Å². The summed E-state index contributed by atoms with van der Waals surface area (Å²) in [7, 11) is 1.70. The Morgan fingerprint density at radius 1 is 1.09 bits per heavy atom. The van der Waals surface area contributed by atoms with Crippen LogP contribution >= 0.6 is 11.8 Å². The number of rotatable bonds is 6. The third-order valence-corrected chi connectivity index (χ3v) is 8.55. The minimum Gasteiger partial charge on any atom is -0.497 e. The van der Waals surface area contributed by atoms with E-state index >= 15 is 0 Å². The highest BCUT2D eigenvalue weighted by atomic mass is 32.2. The number of amides is 1. The van der Waals surface area contributed by atoms with Crippen LogP contribution in [-0.4, -0.2) is 53.7 Å². The van der Waals surface area contributed by atoms with Crippen LogP contribution in [0.5, 0.6) is 5.75 Å². The molecule has 2 aliphatic rings. The number of carbonyl (C=O) groups is 1. The second-order valence-corrected chi connectivity index (χ2v) is 10.7. The van der Waals surface area contributed by atoms with Crippen molar-refractivity contribution in [1.29, 1.82) is 0 Å². The topological polar surface area (TPSA) is 32.8 Å². The van der Waals surface area contributed by atoms with Crippen LogP contribution in [0.15, 0.2) is 53.4 Å². The first-order chi connectivity index (χ1) is 15.5. The van der Waals surface area contributed by atoms with Gasteiger partial charge in [-0.3, -0.25) is 4.79 Å². The van der Waals surface area contributed by atoms with Crippen molar-refractivity contribution in [2.45, 2.75) is 62.3 Å². The lowest BCUT2D eigenvalue weighted by Crippen LogP contribution is -2.43. The molecule has 0 N–H and O–H groups in total. The maximum absolute atomic E-state index is 13.3. The monoisotopic (exact) mass is 452 g/mol.